The average molecular weight is 252 g/mol. The second-order valence-corrected chi connectivity index (χ2v) is 4.13. The number of fused-ring (bicyclic) bond motifs is 1. The third-order valence-corrected chi connectivity index (χ3v) is 2.85. The highest BCUT2D eigenvalue weighted by Crippen LogP contribution is 2.35. The molecule has 6 nitrogen and oxygen atoms in total. The summed E-state index contributed by atoms with van der Waals surface area (Å²) in [5.41, 5.74) is 0.513. The van der Waals surface area contributed by atoms with Gasteiger partial charge in [-0.2, -0.15) is 0 Å². The van der Waals surface area contributed by atoms with Crippen LogP contribution in [0.4, 0.5) is 0 Å². The Kier molecular flexibility index (Phi) is 3.10. The molecule has 1 aliphatic rings. The number of phenolic OH excluding ortho intramolecular Hbond substituents is 2. The van der Waals surface area contributed by atoms with Crippen LogP contribution in [0.3, 0.4) is 0 Å². The van der Waals surface area contributed by atoms with Crippen LogP contribution in [-0.4, -0.2) is 33.4 Å². The molecule has 0 amide bonds. The summed E-state index contributed by atoms with van der Waals surface area (Å²) in [6.07, 6.45) is -0.0353. The van der Waals surface area contributed by atoms with Gasteiger partial charge in [0, 0.05) is 12.8 Å². The molecular weight excluding hydrogens is 240 g/mol. The molecule has 18 heavy (non-hydrogen) atoms. The lowest BCUT2D eigenvalue weighted by Gasteiger charge is -2.24. The number of carboxylic acid groups (broad SMARTS) is 1. The number of hydrogen-bond donors (Lipinski definition) is 3. The minimum absolute atomic E-state index is 0.0402. The molecule has 0 bridgehead atoms. The molecule has 0 saturated heterocycles. The Bertz CT molecular complexity index is 508. The number of rotatable bonds is 3. The van der Waals surface area contributed by atoms with Crippen molar-refractivity contribution in [3.63, 3.8) is 0 Å². The van der Waals surface area contributed by atoms with E-state index in [0.29, 0.717) is 12.0 Å². The van der Waals surface area contributed by atoms with E-state index in [-0.39, 0.29) is 24.2 Å². The smallest absolute Gasteiger partial charge is 0.342 e. The Morgan fingerprint density at radius 2 is 2.11 bits per heavy atom. The number of cyclic esters (lactones) is 1. The number of ether oxygens (including phenoxy) is 1. The van der Waals surface area contributed by atoms with Gasteiger partial charge in [0.25, 0.3) is 0 Å². The summed E-state index contributed by atoms with van der Waals surface area (Å²) in [5, 5.41) is 27.4. The van der Waals surface area contributed by atoms with E-state index in [1.54, 1.807) is 0 Å². The van der Waals surface area contributed by atoms with Crippen molar-refractivity contribution in [2.75, 3.05) is 0 Å². The van der Waals surface area contributed by atoms with Crippen LogP contribution in [0, 0.1) is 0 Å². The molecule has 1 atom stereocenters. The number of aromatic hydroxyl groups is 2. The molecule has 96 valence electrons. The first-order valence-corrected chi connectivity index (χ1v) is 5.45. The van der Waals surface area contributed by atoms with Gasteiger partial charge in [0.1, 0.15) is 11.7 Å². The highest BCUT2D eigenvalue weighted by Gasteiger charge is 2.30. The van der Waals surface area contributed by atoms with Crippen molar-refractivity contribution in [2.24, 2.45) is 0 Å². The van der Waals surface area contributed by atoms with Gasteiger partial charge in [-0.1, -0.05) is 6.07 Å². The van der Waals surface area contributed by atoms with E-state index in [2.05, 4.69) is 0 Å². The highest BCUT2D eigenvalue weighted by molar-refractivity contribution is 5.96. The van der Waals surface area contributed by atoms with Gasteiger partial charge < -0.3 is 20.1 Å². The SMILES string of the molecule is O=C(O)CCC1Cc2ccc(O)c(O)c2C(=O)O1. The second-order valence-electron chi connectivity index (χ2n) is 4.13. The normalized spacial score (nSPS) is 18.0. The Morgan fingerprint density at radius 3 is 2.78 bits per heavy atom. The third kappa shape index (κ3) is 2.22. The first-order valence-electron chi connectivity index (χ1n) is 5.45. The van der Waals surface area contributed by atoms with Crippen LogP contribution in [0.2, 0.25) is 0 Å². The predicted octanol–water partition coefficient (Wildman–Crippen LogP) is 1.04. The zero-order chi connectivity index (χ0) is 13.3. The number of benzene rings is 1. The Labute approximate surface area is 102 Å². The molecule has 0 aliphatic carbocycles. The van der Waals surface area contributed by atoms with E-state index < -0.39 is 23.8 Å². The number of aliphatic carboxylic acids is 1. The Hall–Kier alpha value is -2.24. The highest BCUT2D eigenvalue weighted by atomic mass is 16.5. The topological polar surface area (TPSA) is 104 Å². The maximum atomic E-state index is 11.7. The van der Waals surface area contributed by atoms with Crippen molar-refractivity contribution in [1.29, 1.82) is 0 Å². The number of phenols is 2. The Morgan fingerprint density at radius 1 is 1.39 bits per heavy atom. The lowest BCUT2D eigenvalue weighted by Crippen LogP contribution is -2.28. The number of esters is 1. The summed E-state index contributed by atoms with van der Waals surface area (Å²) in [6.45, 7) is 0. The predicted molar refractivity (Wildman–Crippen MR) is 59.5 cm³/mol. The van der Waals surface area contributed by atoms with Crippen LogP contribution in [0.1, 0.15) is 28.8 Å². The van der Waals surface area contributed by atoms with E-state index in [9.17, 15) is 19.8 Å². The minimum Gasteiger partial charge on any atom is -0.504 e. The maximum absolute atomic E-state index is 11.7. The zero-order valence-corrected chi connectivity index (χ0v) is 9.42. The summed E-state index contributed by atoms with van der Waals surface area (Å²) in [5.74, 6) is -2.56. The standard InChI is InChI=1S/C12H12O6/c13-8-3-1-6-5-7(2-4-9(14)15)18-12(17)10(6)11(8)16/h1,3,7,13,16H,2,4-5H2,(H,14,15). The lowest BCUT2D eigenvalue weighted by molar-refractivity contribution is -0.137. The van der Waals surface area contributed by atoms with Crippen molar-refractivity contribution in [1.82, 2.24) is 0 Å². The quantitative estimate of drug-likeness (QED) is 0.548. The van der Waals surface area contributed by atoms with E-state index in [0.717, 1.165) is 0 Å². The van der Waals surface area contributed by atoms with Gasteiger partial charge in [0.05, 0.1) is 0 Å². The van der Waals surface area contributed by atoms with Gasteiger partial charge in [-0.05, 0) is 18.1 Å². The van der Waals surface area contributed by atoms with Crippen LogP contribution < -0.4 is 0 Å². The first-order chi connectivity index (χ1) is 8.49. The second kappa shape index (κ2) is 4.56. The molecule has 1 heterocycles. The molecule has 0 aromatic heterocycles. The summed E-state index contributed by atoms with van der Waals surface area (Å²) < 4.78 is 5.03. The van der Waals surface area contributed by atoms with E-state index >= 15 is 0 Å². The van der Waals surface area contributed by atoms with Gasteiger partial charge >= 0.3 is 11.9 Å². The molecule has 0 fully saturated rings. The van der Waals surface area contributed by atoms with Gasteiger partial charge in [0.2, 0.25) is 0 Å². The van der Waals surface area contributed by atoms with Crippen molar-refractivity contribution < 1.29 is 29.6 Å². The zero-order valence-electron chi connectivity index (χ0n) is 9.42. The molecule has 0 radical (unpaired) electrons. The number of carbonyl (C=O) groups is 2. The lowest BCUT2D eigenvalue weighted by atomic mass is 9.95. The molecule has 1 aromatic rings. The minimum atomic E-state index is -0.953. The van der Waals surface area contributed by atoms with Crippen molar-refractivity contribution in [3.05, 3.63) is 23.3 Å². The van der Waals surface area contributed by atoms with E-state index in [4.69, 9.17) is 9.84 Å². The fraction of sp³-hybridized carbons (Fsp3) is 0.333. The van der Waals surface area contributed by atoms with Crippen LogP contribution in [0.25, 0.3) is 0 Å². The molecule has 3 N–H and O–H groups in total. The van der Waals surface area contributed by atoms with E-state index in [1.807, 2.05) is 0 Å². The summed E-state index contributed by atoms with van der Waals surface area (Å²) in [7, 11) is 0. The maximum Gasteiger partial charge on any atom is 0.342 e. The average Bonchev–Trinajstić information content (AvgIpc) is 2.31. The van der Waals surface area contributed by atoms with Gasteiger partial charge in [-0.3, -0.25) is 4.79 Å². The van der Waals surface area contributed by atoms with Crippen molar-refractivity contribution >= 4 is 11.9 Å². The number of carbonyl (C=O) groups excluding carboxylic acids is 1. The fourth-order valence-electron chi connectivity index (χ4n) is 1.96. The van der Waals surface area contributed by atoms with Crippen molar-refractivity contribution in [3.8, 4) is 11.5 Å². The van der Waals surface area contributed by atoms with Crippen LogP contribution in [-0.2, 0) is 16.0 Å². The summed E-state index contributed by atoms with van der Waals surface area (Å²) in [4.78, 5) is 22.1. The van der Waals surface area contributed by atoms with Gasteiger partial charge in [-0.15, -0.1) is 0 Å². The fourth-order valence-corrected chi connectivity index (χ4v) is 1.96. The molecule has 1 unspecified atom stereocenters. The summed E-state index contributed by atoms with van der Waals surface area (Å²) >= 11 is 0. The van der Waals surface area contributed by atoms with Gasteiger partial charge in [0.15, 0.2) is 11.5 Å². The molecule has 2 rings (SSSR count). The molecule has 1 aliphatic heterocycles. The summed E-state index contributed by atoms with van der Waals surface area (Å²) in [6, 6.07) is 2.82. The molecular formula is C12H12O6. The first kappa shape index (κ1) is 12.2. The largest absolute Gasteiger partial charge is 0.504 e. The molecule has 1 aromatic carbocycles. The van der Waals surface area contributed by atoms with E-state index in [1.165, 1.54) is 12.1 Å². The molecule has 6 heteroatoms. The van der Waals surface area contributed by atoms with Gasteiger partial charge in [-0.25, -0.2) is 4.79 Å². The number of hydrogen-bond acceptors (Lipinski definition) is 5. The van der Waals surface area contributed by atoms with Crippen molar-refractivity contribution in [2.45, 2.75) is 25.4 Å². The monoisotopic (exact) mass is 252 g/mol. The van der Waals surface area contributed by atoms with Crippen LogP contribution >= 0.6 is 0 Å². The van der Waals surface area contributed by atoms with Crippen LogP contribution in [0.5, 0.6) is 11.5 Å². The van der Waals surface area contributed by atoms with Crippen LogP contribution in [0.15, 0.2) is 12.1 Å². The molecule has 0 spiro atoms. The number of carboxylic acids is 1. The third-order valence-electron chi connectivity index (χ3n) is 2.85. The Balaban J connectivity index is 2.22. The molecule has 0 saturated carbocycles.